The van der Waals surface area contributed by atoms with E-state index in [1.54, 1.807) is 0 Å². The van der Waals surface area contributed by atoms with Crippen LogP contribution in [0.1, 0.15) is 0 Å². The molecule has 0 radical (unpaired) electrons. The van der Waals surface area contributed by atoms with Crippen molar-refractivity contribution < 1.29 is 0 Å². The molecule has 2 N–H and O–H groups in total. The normalized spacial score (nSPS) is 9.45. The van der Waals surface area contributed by atoms with E-state index in [2.05, 4.69) is 64.5 Å². The number of hydrogen-bond donors (Lipinski definition) is 1. The van der Waals surface area contributed by atoms with Crippen LogP contribution >= 0.6 is 15.9 Å². The zero-order valence-corrected chi connectivity index (χ0v) is 12.6. The minimum absolute atomic E-state index is 0.785. The summed E-state index contributed by atoms with van der Waals surface area (Å²) in [6, 6.07) is 28.4. The predicted octanol–water partition coefficient (Wildman–Crippen LogP) is 5.38. The molecule has 0 aromatic heterocycles. The Labute approximate surface area is 128 Å². The molecule has 0 aliphatic heterocycles. The van der Waals surface area contributed by atoms with E-state index in [0.29, 0.717) is 0 Å². The molecule has 3 aromatic carbocycles. The Bertz CT molecular complexity index is 577. The predicted molar refractivity (Wildman–Crippen MR) is 90.4 cm³/mol. The van der Waals surface area contributed by atoms with Crippen LogP contribution in [-0.4, -0.2) is 0 Å². The summed E-state index contributed by atoms with van der Waals surface area (Å²) in [6.07, 6.45) is 0. The summed E-state index contributed by atoms with van der Waals surface area (Å²) in [5.74, 6) is 0. The van der Waals surface area contributed by atoms with Crippen LogP contribution in [0.25, 0.3) is 11.1 Å². The Morgan fingerprint density at radius 1 is 0.550 bits per heavy atom. The second-order valence-corrected chi connectivity index (χ2v) is 5.11. The Morgan fingerprint density at radius 3 is 1.30 bits per heavy atom. The zero-order chi connectivity index (χ0) is 14.2. The summed E-state index contributed by atoms with van der Waals surface area (Å²) in [7, 11) is 0. The van der Waals surface area contributed by atoms with Gasteiger partial charge in [-0.3, -0.25) is 0 Å². The number of nitrogens with two attached hydrogens (primary N) is 1. The number of benzene rings is 3. The molecule has 20 heavy (non-hydrogen) atoms. The number of nitrogen functional groups attached to an aromatic ring is 1. The van der Waals surface area contributed by atoms with Gasteiger partial charge in [0.25, 0.3) is 0 Å². The van der Waals surface area contributed by atoms with Gasteiger partial charge in [-0.1, -0.05) is 72.8 Å². The van der Waals surface area contributed by atoms with E-state index in [9.17, 15) is 0 Å². The molecule has 2 heteroatoms. The zero-order valence-electron chi connectivity index (χ0n) is 11.0. The molecule has 0 saturated heterocycles. The van der Waals surface area contributed by atoms with Gasteiger partial charge in [0, 0.05) is 10.2 Å². The Balaban J connectivity index is 0.000000160. The van der Waals surface area contributed by atoms with Crippen LogP contribution in [0.5, 0.6) is 0 Å². The van der Waals surface area contributed by atoms with Gasteiger partial charge in [0.1, 0.15) is 0 Å². The lowest BCUT2D eigenvalue weighted by Gasteiger charge is -1.98. The maximum absolute atomic E-state index is 5.47. The van der Waals surface area contributed by atoms with Gasteiger partial charge in [-0.2, -0.15) is 0 Å². The van der Waals surface area contributed by atoms with Crippen molar-refractivity contribution in [3.63, 3.8) is 0 Å². The second-order valence-electron chi connectivity index (χ2n) is 4.25. The third-order valence-corrected chi connectivity index (χ3v) is 3.51. The third-order valence-electron chi connectivity index (χ3n) is 2.79. The molecular formula is C18H16BrN. The van der Waals surface area contributed by atoms with Crippen LogP contribution in [0.15, 0.2) is 89.4 Å². The van der Waals surface area contributed by atoms with Crippen LogP contribution in [0.3, 0.4) is 0 Å². The highest BCUT2D eigenvalue weighted by atomic mass is 79.9. The minimum atomic E-state index is 0.785. The maximum atomic E-state index is 5.47. The van der Waals surface area contributed by atoms with Crippen LogP contribution in [0.2, 0.25) is 0 Å². The second kappa shape index (κ2) is 7.51. The van der Waals surface area contributed by atoms with Crippen molar-refractivity contribution in [2.45, 2.75) is 0 Å². The summed E-state index contributed by atoms with van der Waals surface area (Å²) in [6.45, 7) is 0. The summed E-state index contributed by atoms with van der Waals surface area (Å²) in [5, 5.41) is 0. The fourth-order valence-corrected chi connectivity index (χ4v) is 2.02. The highest BCUT2D eigenvalue weighted by molar-refractivity contribution is 9.10. The highest BCUT2D eigenvalue weighted by Gasteiger charge is 1.91. The highest BCUT2D eigenvalue weighted by Crippen LogP contribution is 2.17. The van der Waals surface area contributed by atoms with E-state index in [-0.39, 0.29) is 0 Å². The topological polar surface area (TPSA) is 26.0 Å². The first-order valence-corrected chi connectivity index (χ1v) is 7.17. The van der Waals surface area contributed by atoms with Crippen molar-refractivity contribution in [2.24, 2.45) is 0 Å². The summed E-state index contributed by atoms with van der Waals surface area (Å²) < 4.78 is 0.958. The van der Waals surface area contributed by atoms with Crippen molar-refractivity contribution in [1.29, 1.82) is 0 Å². The monoisotopic (exact) mass is 325 g/mol. The first-order valence-electron chi connectivity index (χ1n) is 6.38. The van der Waals surface area contributed by atoms with Crippen LogP contribution in [0.4, 0.5) is 5.69 Å². The standard InChI is InChI=1S/C12H10.C6H6BrN/c1-3-7-11(8-4-1)12-9-5-2-6-10-12;7-5-3-1-2-4-6(5)8/h1-10H;1-4H,8H2. The lowest BCUT2D eigenvalue weighted by molar-refractivity contribution is 1.62. The van der Waals surface area contributed by atoms with E-state index >= 15 is 0 Å². The average Bonchev–Trinajstić information content (AvgIpc) is 2.53. The molecule has 0 aliphatic rings. The van der Waals surface area contributed by atoms with Gasteiger partial charge in [-0.15, -0.1) is 0 Å². The lowest BCUT2D eigenvalue weighted by atomic mass is 10.1. The van der Waals surface area contributed by atoms with E-state index in [1.165, 1.54) is 11.1 Å². The van der Waals surface area contributed by atoms with Gasteiger partial charge in [0.2, 0.25) is 0 Å². The van der Waals surface area contributed by atoms with Crippen molar-refractivity contribution >= 4 is 21.6 Å². The molecule has 0 atom stereocenters. The maximum Gasteiger partial charge on any atom is 0.0458 e. The molecule has 0 fully saturated rings. The van der Waals surface area contributed by atoms with Crippen molar-refractivity contribution in [3.05, 3.63) is 89.4 Å². The average molecular weight is 326 g/mol. The first-order chi connectivity index (χ1) is 9.77. The fourth-order valence-electron chi connectivity index (χ4n) is 1.74. The molecule has 3 aromatic rings. The molecule has 1 nitrogen and oxygen atoms in total. The number of halogens is 1. The number of para-hydroxylation sites is 1. The van der Waals surface area contributed by atoms with Crippen LogP contribution in [0, 0.1) is 0 Å². The molecule has 0 spiro atoms. The van der Waals surface area contributed by atoms with Crippen molar-refractivity contribution in [1.82, 2.24) is 0 Å². The molecule has 0 unspecified atom stereocenters. The van der Waals surface area contributed by atoms with Crippen LogP contribution < -0.4 is 5.73 Å². The molecule has 0 amide bonds. The first kappa shape index (κ1) is 14.4. The van der Waals surface area contributed by atoms with Crippen molar-refractivity contribution in [3.8, 4) is 11.1 Å². The Hall–Kier alpha value is -2.06. The van der Waals surface area contributed by atoms with Gasteiger partial charge < -0.3 is 5.73 Å². The van der Waals surface area contributed by atoms with E-state index in [4.69, 9.17) is 5.73 Å². The third kappa shape index (κ3) is 4.25. The fraction of sp³-hybridized carbons (Fsp3) is 0. The van der Waals surface area contributed by atoms with Gasteiger partial charge in [-0.05, 0) is 39.2 Å². The molecule has 100 valence electrons. The van der Waals surface area contributed by atoms with Gasteiger partial charge >= 0.3 is 0 Å². The van der Waals surface area contributed by atoms with Crippen molar-refractivity contribution in [2.75, 3.05) is 5.73 Å². The minimum Gasteiger partial charge on any atom is -0.398 e. The smallest absolute Gasteiger partial charge is 0.0458 e. The molecule has 0 saturated carbocycles. The summed E-state index contributed by atoms with van der Waals surface area (Å²) >= 11 is 3.27. The SMILES string of the molecule is Nc1ccccc1Br.c1ccc(-c2ccccc2)cc1. The van der Waals surface area contributed by atoms with E-state index < -0.39 is 0 Å². The lowest BCUT2D eigenvalue weighted by Crippen LogP contribution is -1.82. The number of hydrogen-bond acceptors (Lipinski definition) is 1. The molecule has 0 bridgehead atoms. The molecular weight excluding hydrogens is 310 g/mol. The molecule has 0 aliphatic carbocycles. The summed E-state index contributed by atoms with van der Waals surface area (Å²) in [5.41, 5.74) is 8.81. The van der Waals surface area contributed by atoms with Gasteiger partial charge in [0.05, 0.1) is 0 Å². The summed E-state index contributed by atoms with van der Waals surface area (Å²) in [4.78, 5) is 0. The van der Waals surface area contributed by atoms with Crippen LogP contribution in [-0.2, 0) is 0 Å². The van der Waals surface area contributed by atoms with E-state index in [0.717, 1.165) is 10.2 Å². The number of rotatable bonds is 1. The number of anilines is 1. The Kier molecular flexibility index (Phi) is 5.39. The van der Waals surface area contributed by atoms with Gasteiger partial charge in [0.15, 0.2) is 0 Å². The quantitative estimate of drug-likeness (QED) is 0.597. The van der Waals surface area contributed by atoms with E-state index in [1.807, 2.05) is 36.4 Å². The molecule has 3 rings (SSSR count). The Morgan fingerprint density at radius 2 is 0.950 bits per heavy atom. The largest absolute Gasteiger partial charge is 0.398 e. The molecule has 0 heterocycles. The van der Waals surface area contributed by atoms with Gasteiger partial charge in [-0.25, -0.2) is 0 Å².